The number of oxazole rings is 1. The number of hydrogen-bond acceptors (Lipinski definition) is 4. The van der Waals surface area contributed by atoms with Crippen LogP contribution in [0, 0.1) is 5.41 Å². The number of aryl methyl sites for hydroxylation is 1. The van der Waals surface area contributed by atoms with E-state index in [1.807, 2.05) is 12.1 Å². The highest BCUT2D eigenvalue weighted by Crippen LogP contribution is 2.41. The molecule has 0 unspecified atom stereocenters. The van der Waals surface area contributed by atoms with E-state index in [1.54, 1.807) is 11.6 Å². The predicted octanol–water partition coefficient (Wildman–Crippen LogP) is 1.32. The molecule has 0 saturated carbocycles. The van der Waals surface area contributed by atoms with Crippen LogP contribution in [-0.2, 0) is 7.05 Å². The zero-order valence-corrected chi connectivity index (χ0v) is 11.7. The van der Waals surface area contributed by atoms with Gasteiger partial charge in [0.05, 0.1) is 5.52 Å². The SMILES string of the molecule is Cn1c(=O)oc2cc(N3CC4(CCNCC4)C3)ccc21. The average molecular weight is 273 g/mol. The summed E-state index contributed by atoms with van der Waals surface area (Å²) in [7, 11) is 1.74. The zero-order valence-electron chi connectivity index (χ0n) is 11.7. The van der Waals surface area contributed by atoms with Gasteiger partial charge in [-0.2, -0.15) is 0 Å². The fourth-order valence-electron chi connectivity index (χ4n) is 3.54. The molecule has 5 heteroatoms. The van der Waals surface area contributed by atoms with Crippen molar-refractivity contribution < 1.29 is 4.42 Å². The average Bonchev–Trinajstić information content (AvgIpc) is 2.72. The van der Waals surface area contributed by atoms with E-state index in [0.717, 1.165) is 37.4 Å². The summed E-state index contributed by atoms with van der Waals surface area (Å²) >= 11 is 0. The van der Waals surface area contributed by atoms with Gasteiger partial charge in [0.2, 0.25) is 0 Å². The van der Waals surface area contributed by atoms with Crippen LogP contribution >= 0.6 is 0 Å². The first-order chi connectivity index (χ1) is 9.67. The van der Waals surface area contributed by atoms with Crippen molar-refractivity contribution in [1.29, 1.82) is 0 Å². The molecule has 5 nitrogen and oxygen atoms in total. The molecule has 1 aromatic heterocycles. The molecule has 1 aromatic carbocycles. The Bertz CT molecular complexity index is 701. The lowest BCUT2D eigenvalue weighted by Gasteiger charge is -2.53. The molecule has 2 aliphatic rings. The van der Waals surface area contributed by atoms with Gasteiger partial charge >= 0.3 is 5.76 Å². The summed E-state index contributed by atoms with van der Waals surface area (Å²) in [6.45, 7) is 4.52. The van der Waals surface area contributed by atoms with E-state index in [1.165, 1.54) is 12.8 Å². The Hall–Kier alpha value is -1.75. The monoisotopic (exact) mass is 273 g/mol. The first-order valence-electron chi connectivity index (χ1n) is 7.22. The van der Waals surface area contributed by atoms with Crippen LogP contribution in [0.5, 0.6) is 0 Å². The van der Waals surface area contributed by atoms with Crippen LogP contribution in [0.4, 0.5) is 5.69 Å². The van der Waals surface area contributed by atoms with Crippen molar-refractivity contribution in [3.05, 3.63) is 28.7 Å². The van der Waals surface area contributed by atoms with Crippen LogP contribution in [0.2, 0.25) is 0 Å². The van der Waals surface area contributed by atoms with E-state index in [-0.39, 0.29) is 5.76 Å². The fourth-order valence-corrected chi connectivity index (χ4v) is 3.54. The quantitative estimate of drug-likeness (QED) is 0.851. The molecule has 2 aromatic rings. The summed E-state index contributed by atoms with van der Waals surface area (Å²) in [5.41, 5.74) is 3.21. The van der Waals surface area contributed by atoms with Crippen molar-refractivity contribution >= 4 is 16.8 Å². The van der Waals surface area contributed by atoms with E-state index < -0.39 is 0 Å². The Balaban J connectivity index is 1.59. The predicted molar refractivity (Wildman–Crippen MR) is 78.2 cm³/mol. The van der Waals surface area contributed by atoms with Gasteiger partial charge in [-0.1, -0.05) is 0 Å². The zero-order chi connectivity index (χ0) is 13.7. The molecule has 1 spiro atoms. The molecule has 3 heterocycles. The third-order valence-electron chi connectivity index (χ3n) is 4.86. The Morgan fingerprint density at radius 2 is 2.00 bits per heavy atom. The third-order valence-corrected chi connectivity index (χ3v) is 4.86. The summed E-state index contributed by atoms with van der Waals surface area (Å²) in [4.78, 5) is 13.9. The van der Waals surface area contributed by atoms with Gasteiger partial charge in [-0.3, -0.25) is 4.57 Å². The number of fused-ring (bicyclic) bond motifs is 1. The highest BCUT2D eigenvalue weighted by atomic mass is 16.4. The molecule has 2 aliphatic heterocycles. The van der Waals surface area contributed by atoms with Gasteiger partial charge in [-0.15, -0.1) is 0 Å². The van der Waals surface area contributed by atoms with E-state index in [9.17, 15) is 4.79 Å². The van der Waals surface area contributed by atoms with Crippen molar-refractivity contribution in [2.45, 2.75) is 12.8 Å². The summed E-state index contributed by atoms with van der Waals surface area (Å²) in [6, 6.07) is 6.05. The molecule has 2 saturated heterocycles. The largest absolute Gasteiger partial charge is 0.419 e. The number of aromatic nitrogens is 1. The minimum absolute atomic E-state index is 0.296. The molecule has 0 bridgehead atoms. The molecule has 20 heavy (non-hydrogen) atoms. The number of benzene rings is 1. The third kappa shape index (κ3) is 1.69. The number of nitrogens with zero attached hydrogens (tertiary/aromatic N) is 2. The molecular weight excluding hydrogens is 254 g/mol. The van der Waals surface area contributed by atoms with Crippen LogP contribution in [0.1, 0.15) is 12.8 Å². The Labute approximate surface area is 117 Å². The lowest BCUT2D eigenvalue weighted by Crippen LogP contribution is -2.60. The van der Waals surface area contributed by atoms with E-state index in [0.29, 0.717) is 11.0 Å². The van der Waals surface area contributed by atoms with Gasteiger partial charge in [0, 0.05) is 37.3 Å². The highest BCUT2D eigenvalue weighted by molar-refractivity contribution is 5.78. The standard InChI is InChI=1S/C15H19N3O2/c1-17-12-3-2-11(8-13(12)20-14(17)19)18-9-15(10-18)4-6-16-7-5-15/h2-3,8,16H,4-7,9-10H2,1H3. The van der Waals surface area contributed by atoms with Crippen molar-refractivity contribution in [2.24, 2.45) is 12.5 Å². The fraction of sp³-hybridized carbons (Fsp3) is 0.533. The topological polar surface area (TPSA) is 50.4 Å². The second-order valence-corrected chi connectivity index (χ2v) is 6.19. The second kappa shape index (κ2) is 4.12. The molecular formula is C15H19N3O2. The van der Waals surface area contributed by atoms with Crippen molar-refractivity contribution in [1.82, 2.24) is 9.88 Å². The van der Waals surface area contributed by atoms with E-state index in [4.69, 9.17) is 4.42 Å². The lowest BCUT2D eigenvalue weighted by atomic mass is 9.72. The Morgan fingerprint density at radius 1 is 1.25 bits per heavy atom. The maximum atomic E-state index is 11.5. The normalized spacial score (nSPS) is 21.4. The first kappa shape index (κ1) is 12.0. The summed E-state index contributed by atoms with van der Waals surface area (Å²) < 4.78 is 6.81. The molecule has 0 atom stereocenters. The molecule has 0 aliphatic carbocycles. The van der Waals surface area contributed by atoms with Gasteiger partial charge in [-0.05, 0) is 38.1 Å². The first-order valence-corrected chi connectivity index (χ1v) is 7.22. The molecule has 0 amide bonds. The smallest absolute Gasteiger partial charge is 0.408 e. The number of nitrogens with one attached hydrogen (secondary N) is 1. The molecule has 1 N–H and O–H groups in total. The lowest BCUT2D eigenvalue weighted by molar-refractivity contribution is 0.150. The van der Waals surface area contributed by atoms with Crippen LogP contribution in [0.3, 0.4) is 0 Å². The number of hydrogen-bond donors (Lipinski definition) is 1. The second-order valence-electron chi connectivity index (χ2n) is 6.19. The molecule has 2 fully saturated rings. The van der Waals surface area contributed by atoms with Crippen molar-refractivity contribution in [3.8, 4) is 0 Å². The van der Waals surface area contributed by atoms with Crippen molar-refractivity contribution in [3.63, 3.8) is 0 Å². The molecule has 0 radical (unpaired) electrons. The summed E-state index contributed by atoms with van der Waals surface area (Å²) in [5, 5.41) is 3.42. The molecule has 4 rings (SSSR count). The van der Waals surface area contributed by atoms with Gasteiger partial charge in [0.15, 0.2) is 5.58 Å². The maximum Gasteiger partial charge on any atom is 0.419 e. The Morgan fingerprint density at radius 3 is 2.75 bits per heavy atom. The number of anilines is 1. The summed E-state index contributed by atoms with van der Waals surface area (Å²) in [6.07, 6.45) is 2.54. The number of piperidine rings is 1. The minimum atomic E-state index is -0.296. The van der Waals surface area contributed by atoms with E-state index in [2.05, 4.69) is 16.3 Å². The highest BCUT2D eigenvalue weighted by Gasteiger charge is 2.43. The summed E-state index contributed by atoms with van der Waals surface area (Å²) in [5.74, 6) is -0.296. The van der Waals surface area contributed by atoms with Gasteiger partial charge < -0.3 is 14.6 Å². The van der Waals surface area contributed by atoms with E-state index >= 15 is 0 Å². The van der Waals surface area contributed by atoms with Gasteiger partial charge in [-0.25, -0.2) is 4.79 Å². The van der Waals surface area contributed by atoms with Crippen molar-refractivity contribution in [2.75, 3.05) is 31.1 Å². The van der Waals surface area contributed by atoms with Crippen LogP contribution < -0.4 is 16.0 Å². The maximum absolute atomic E-state index is 11.5. The number of rotatable bonds is 1. The minimum Gasteiger partial charge on any atom is -0.408 e. The van der Waals surface area contributed by atoms with Crippen LogP contribution in [0.15, 0.2) is 27.4 Å². The van der Waals surface area contributed by atoms with Gasteiger partial charge in [0.1, 0.15) is 0 Å². The van der Waals surface area contributed by atoms with Crippen LogP contribution in [0.25, 0.3) is 11.1 Å². The molecule has 106 valence electrons. The van der Waals surface area contributed by atoms with Crippen LogP contribution in [-0.4, -0.2) is 30.7 Å². The van der Waals surface area contributed by atoms with Gasteiger partial charge in [0.25, 0.3) is 0 Å². The Kier molecular flexibility index (Phi) is 2.48.